The van der Waals surface area contributed by atoms with Crippen molar-refractivity contribution in [2.45, 2.75) is 13.8 Å². The highest BCUT2D eigenvalue weighted by molar-refractivity contribution is 6.10. The molecule has 1 heterocycles. The fraction of sp³-hybridized carbons (Fsp3) is 0.0667. The predicted molar refractivity (Wildman–Crippen MR) is 143 cm³/mol. The van der Waals surface area contributed by atoms with Crippen LogP contribution in [0.1, 0.15) is 13.8 Å². The second-order valence-electron chi connectivity index (χ2n) is 8.48. The standard InChI is InChI=1S/C28H12N2O4.C2H6/c31-25-13-5-1-3-7-15(13)27(33)21-17(25)9-11-19-23(21)29-20-12-10-18-22(24(20)30-19)28(34)16-8-4-2-6-14(16)26(18)32;1-2/h1-12H;1-2H3/p+2. The number of fused-ring (bicyclic) bond motifs is 8. The van der Waals surface area contributed by atoms with E-state index in [1.54, 1.807) is 72.8 Å². The van der Waals surface area contributed by atoms with Gasteiger partial charge >= 0.3 is 0 Å². The van der Waals surface area contributed by atoms with E-state index in [9.17, 15) is 19.2 Å². The van der Waals surface area contributed by atoms with E-state index in [4.69, 9.17) is 0 Å². The predicted octanol–water partition coefficient (Wildman–Crippen LogP) is 3.58. The molecule has 0 aliphatic carbocycles. The van der Waals surface area contributed by atoms with Crippen molar-refractivity contribution >= 4 is 65.2 Å². The molecule has 7 rings (SSSR count). The summed E-state index contributed by atoms with van der Waals surface area (Å²) >= 11 is 0. The van der Waals surface area contributed by atoms with E-state index in [1.165, 1.54) is 0 Å². The quantitative estimate of drug-likeness (QED) is 0.249. The van der Waals surface area contributed by atoms with Gasteiger partial charge in [-0.25, -0.2) is 0 Å². The Morgan fingerprint density at radius 2 is 0.750 bits per heavy atom. The fourth-order valence-corrected chi connectivity index (χ4v) is 5.11. The fourth-order valence-electron chi connectivity index (χ4n) is 5.11. The zero-order valence-corrected chi connectivity index (χ0v) is 19.6. The first kappa shape index (κ1) is 21.7. The van der Waals surface area contributed by atoms with Gasteiger partial charge in [-0.05, 0) is 12.1 Å². The molecule has 0 radical (unpaired) electrons. The molecule has 6 aromatic carbocycles. The zero-order valence-electron chi connectivity index (χ0n) is 19.6. The Balaban J connectivity index is 0.00000117. The molecular formula is C30H20N2O4+2. The van der Waals surface area contributed by atoms with Gasteiger partial charge in [0.05, 0.1) is 0 Å². The van der Waals surface area contributed by atoms with Crippen LogP contribution in [0.2, 0.25) is 0 Å². The Bertz CT molecular complexity index is 2100. The molecule has 0 unspecified atom stereocenters. The molecule has 0 amide bonds. The third-order valence-electron chi connectivity index (χ3n) is 6.71. The highest BCUT2D eigenvalue weighted by atomic mass is 16.1. The van der Waals surface area contributed by atoms with Gasteiger partial charge in [0.25, 0.3) is 22.1 Å². The van der Waals surface area contributed by atoms with Crippen molar-refractivity contribution in [1.29, 1.82) is 0 Å². The van der Waals surface area contributed by atoms with E-state index in [-0.39, 0.29) is 21.7 Å². The first-order valence-corrected chi connectivity index (χ1v) is 11.8. The number of aromatic amines is 2. The lowest BCUT2D eigenvalue weighted by molar-refractivity contribution is -0.359. The van der Waals surface area contributed by atoms with Gasteiger partial charge in [0.2, 0.25) is 10.9 Å². The van der Waals surface area contributed by atoms with Crippen LogP contribution in [-0.2, 0) is 0 Å². The second kappa shape index (κ2) is 7.85. The monoisotopic (exact) mass is 472 g/mol. The Morgan fingerprint density at radius 1 is 0.417 bits per heavy atom. The number of hydrogen-bond acceptors (Lipinski definition) is 4. The molecule has 36 heavy (non-hydrogen) atoms. The van der Waals surface area contributed by atoms with E-state index < -0.39 is 0 Å². The van der Waals surface area contributed by atoms with Gasteiger partial charge in [-0.1, -0.05) is 62.4 Å². The molecule has 7 aromatic rings. The molecular weight excluding hydrogens is 452 g/mol. The van der Waals surface area contributed by atoms with Crippen molar-refractivity contribution in [3.05, 3.63) is 114 Å². The van der Waals surface area contributed by atoms with Crippen molar-refractivity contribution in [1.82, 2.24) is 0 Å². The minimum Gasteiger partial charge on any atom is -0.289 e. The van der Waals surface area contributed by atoms with Crippen LogP contribution in [0.15, 0.2) is 92.0 Å². The first-order valence-electron chi connectivity index (χ1n) is 11.8. The van der Waals surface area contributed by atoms with E-state index in [0.717, 1.165) is 0 Å². The molecule has 0 atom stereocenters. The third-order valence-corrected chi connectivity index (χ3v) is 6.71. The van der Waals surface area contributed by atoms with E-state index >= 15 is 0 Å². The minimum absolute atomic E-state index is 0.205. The molecule has 0 aliphatic heterocycles. The number of hydrogen-bond donors (Lipinski definition) is 0. The summed E-state index contributed by atoms with van der Waals surface area (Å²) in [4.78, 5) is 59.5. The van der Waals surface area contributed by atoms with Crippen LogP contribution in [0, 0.1) is 0 Å². The SMILES string of the molecule is CC.O=c1c2ccccc2c(=O)c2c1ccc1[nH+]c3c(ccc4c(=O)c5ccccc5c(=O)c43)[nH+]c12. The van der Waals surface area contributed by atoms with Gasteiger partial charge in [-0.3, -0.25) is 19.2 Å². The largest absolute Gasteiger partial charge is 0.289 e. The number of aromatic nitrogens is 2. The van der Waals surface area contributed by atoms with Crippen molar-refractivity contribution in [2.24, 2.45) is 0 Å². The van der Waals surface area contributed by atoms with Crippen molar-refractivity contribution in [3.63, 3.8) is 0 Å². The van der Waals surface area contributed by atoms with Gasteiger partial charge in [0.1, 0.15) is 10.8 Å². The van der Waals surface area contributed by atoms with Crippen LogP contribution in [0.4, 0.5) is 0 Å². The van der Waals surface area contributed by atoms with Gasteiger partial charge < -0.3 is 0 Å². The topological polar surface area (TPSA) is 96.6 Å². The number of benzene rings is 6. The van der Waals surface area contributed by atoms with Crippen molar-refractivity contribution < 1.29 is 9.97 Å². The first-order chi connectivity index (χ1) is 17.5. The maximum atomic E-state index is 13.4. The molecule has 2 N–H and O–H groups in total. The van der Waals surface area contributed by atoms with Crippen LogP contribution in [-0.4, -0.2) is 0 Å². The maximum Gasteiger partial charge on any atom is 0.288 e. The Labute approximate surface area is 202 Å². The molecule has 0 bridgehead atoms. The normalized spacial score (nSPS) is 11.5. The molecule has 6 heteroatoms. The number of rotatable bonds is 0. The molecule has 0 saturated carbocycles. The summed E-state index contributed by atoms with van der Waals surface area (Å²) in [5, 5.41) is 2.76. The summed E-state index contributed by atoms with van der Waals surface area (Å²) in [6.45, 7) is 4.00. The van der Waals surface area contributed by atoms with E-state index in [1.807, 2.05) is 13.8 Å². The van der Waals surface area contributed by atoms with Crippen LogP contribution in [0.5, 0.6) is 0 Å². The van der Waals surface area contributed by atoms with Gasteiger partial charge in [0, 0.05) is 44.5 Å². The Hall–Kier alpha value is -4.84. The molecule has 0 fully saturated rings. The maximum absolute atomic E-state index is 13.4. The summed E-state index contributed by atoms with van der Waals surface area (Å²) < 4.78 is 0. The molecule has 6 nitrogen and oxygen atoms in total. The lowest BCUT2D eigenvalue weighted by Crippen LogP contribution is -2.23. The highest BCUT2D eigenvalue weighted by Gasteiger charge is 2.25. The summed E-state index contributed by atoms with van der Waals surface area (Å²) in [5.74, 6) is 0. The minimum atomic E-state index is -0.238. The second-order valence-corrected chi connectivity index (χ2v) is 8.48. The van der Waals surface area contributed by atoms with E-state index in [0.29, 0.717) is 65.2 Å². The van der Waals surface area contributed by atoms with Crippen LogP contribution in [0.25, 0.3) is 65.2 Å². The molecule has 0 spiro atoms. The molecule has 0 aliphatic rings. The van der Waals surface area contributed by atoms with Gasteiger partial charge in [-0.15, -0.1) is 0 Å². The van der Waals surface area contributed by atoms with Crippen LogP contribution < -0.4 is 31.7 Å². The summed E-state index contributed by atoms with van der Waals surface area (Å²) in [5.41, 5.74) is 1.18. The zero-order chi connectivity index (χ0) is 25.1. The lowest BCUT2D eigenvalue weighted by atomic mass is 9.99. The average Bonchev–Trinajstić information content (AvgIpc) is 2.93. The Morgan fingerprint density at radius 3 is 1.11 bits per heavy atom. The highest BCUT2D eigenvalue weighted by Crippen LogP contribution is 2.22. The summed E-state index contributed by atoms with van der Waals surface area (Å²) in [6.07, 6.45) is 0. The summed E-state index contributed by atoms with van der Waals surface area (Å²) in [7, 11) is 0. The Kier molecular flexibility index (Phi) is 4.73. The molecule has 172 valence electrons. The molecule has 1 aromatic heterocycles. The van der Waals surface area contributed by atoms with Gasteiger partial charge in [0.15, 0.2) is 10.9 Å². The van der Waals surface area contributed by atoms with Crippen LogP contribution >= 0.6 is 0 Å². The number of H-pyrrole nitrogens is 2. The number of nitrogens with one attached hydrogen (secondary N) is 2. The van der Waals surface area contributed by atoms with Crippen molar-refractivity contribution in [2.75, 3.05) is 0 Å². The van der Waals surface area contributed by atoms with Gasteiger partial charge in [-0.2, -0.15) is 9.97 Å². The van der Waals surface area contributed by atoms with Crippen LogP contribution in [0.3, 0.4) is 0 Å². The third kappa shape index (κ3) is 2.78. The van der Waals surface area contributed by atoms with E-state index in [2.05, 4.69) is 9.97 Å². The summed E-state index contributed by atoms with van der Waals surface area (Å²) in [6, 6.07) is 20.3. The average molecular weight is 473 g/mol. The molecule has 0 saturated heterocycles. The van der Waals surface area contributed by atoms with Crippen molar-refractivity contribution in [3.8, 4) is 0 Å². The lowest BCUT2D eigenvalue weighted by Gasteiger charge is -2.02. The smallest absolute Gasteiger partial charge is 0.288 e.